The van der Waals surface area contributed by atoms with Gasteiger partial charge in [-0.3, -0.25) is 4.79 Å². The lowest BCUT2D eigenvalue weighted by Gasteiger charge is -2.13. The van der Waals surface area contributed by atoms with Crippen molar-refractivity contribution in [3.63, 3.8) is 0 Å². The highest BCUT2D eigenvalue weighted by Gasteiger charge is 2.30. The number of nitrogens with zero attached hydrogens (tertiary/aromatic N) is 1. The third-order valence-electron chi connectivity index (χ3n) is 3.20. The molecule has 1 aliphatic heterocycles. The SMILES string of the molecule is CN1CC[C@@H](NC(=O)c2ccc(C(F)(F)F)cc2)C1. The number of carbonyl (C=O) groups excluding carboxylic acids is 1. The van der Waals surface area contributed by atoms with Gasteiger partial charge in [0.1, 0.15) is 0 Å². The standard InChI is InChI=1S/C13H15F3N2O/c1-18-7-6-11(8-18)17-12(19)9-2-4-10(5-3-9)13(14,15)16/h2-5,11H,6-8H2,1H3,(H,17,19)/t11-/m1/s1. The predicted octanol–water partition coefficient (Wildman–Crippen LogP) is 2.14. The minimum absolute atomic E-state index is 0.0693. The van der Waals surface area contributed by atoms with Crippen LogP contribution in [-0.2, 0) is 6.18 Å². The number of amides is 1. The molecular weight excluding hydrogens is 257 g/mol. The average molecular weight is 272 g/mol. The molecule has 3 nitrogen and oxygen atoms in total. The number of benzene rings is 1. The largest absolute Gasteiger partial charge is 0.416 e. The van der Waals surface area contributed by atoms with Crippen molar-refractivity contribution in [1.29, 1.82) is 0 Å². The molecule has 0 aliphatic carbocycles. The third-order valence-corrected chi connectivity index (χ3v) is 3.20. The summed E-state index contributed by atoms with van der Waals surface area (Å²) < 4.78 is 37.2. The minimum atomic E-state index is -4.37. The Bertz CT molecular complexity index is 456. The fourth-order valence-electron chi connectivity index (χ4n) is 2.13. The van der Waals surface area contributed by atoms with Crippen LogP contribution in [0.15, 0.2) is 24.3 Å². The molecule has 1 aliphatic rings. The molecule has 1 aromatic carbocycles. The smallest absolute Gasteiger partial charge is 0.348 e. The van der Waals surface area contributed by atoms with E-state index in [1.807, 2.05) is 7.05 Å². The Kier molecular flexibility index (Phi) is 3.80. The number of likely N-dealkylation sites (tertiary alicyclic amines) is 1. The first kappa shape index (κ1) is 13.9. The predicted molar refractivity (Wildman–Crippen MR) is 64.8 cm³/mol. The van der Waals surface area contributed by atoms with E-state index in [2.05, 4.69) is 10.2 Å². The summed E-state index contributed by atoms with van der Waals surface area (Å²) in [5.74, 6) is -0.325. The molecule has 104 valence electrons. The molecule has 1 heterocycles. The zero-order chi connectivity index (χ0) is 14.0. The first-order chi connectivity index (χ1) is 8.86. The van der Waals surface area contributed by atoms with E-state index in [4.69, 9.17) is 0 Å². The van der Waals surface area contributed by atoms with Crippen molar-refractivity contribution in [2.75, 3.05) is 20.1 Å². The van der Waals surface area contributed by atoms with Gasteiger partial charge < -0.3 is 10.2 Å². The summed E-state index contributed by atoms with van der Waals surface area (Å²) >= 11 is 0. The molecule has 2 rings (SSSR count). The minimum Gasteiger partial charge on any atom is -0.348 e. The zero-order valence-corrected chi connectivity index (χ0v) is 10.5. The maximum Gasteiger partial charge on any atom is 0.416 e. The summed E-state index contributed by atoms with van der Waals surface area (Å²) in [7, 11) is 1.96. The highest BCUT2D eigenvalue weighted by molar-refractivity contribution is 5.94. The highest BCUT2D eigenvalue weighted by Crippen LogP contribution is 2.29. The first-order valence-electron chi connectivity index (χ1n) is 6.03. The van der Waals surface area contributed by atoms with Crippen LogP contribution >= 0.6 is 0 Å². The van der Waals surface area contributed by atoms with E-state index in [1.165, 1.54) is 12.1 Å². The van der Waals surface area contributed by atoms with Crippen LogP contribution in [0.3, 0.4) is 0 Å². The monoisotopic (exact) mass is 272 g/mol. The lowest BCUT2D eigenvalue weighted by molar-refractivity contribution is -0.137. The van der Waals surface area contributed by atoms with Gasteiger partial charge in [0.25, 0.3) is 5.91 Å². The zero-order valence-electron chi connectivity index (χ0n) is 10.5. The van der Waals surface area contributed by atoms with E-state index in [9.17, 15) is 18.0 Å². The number of hydrogen-bond donors (Lipinski definition) is 1. The van der Waals surface area contributed by atoms with E-state index in [0.717, 1.165) is 31.6 Å². The van der Waals surface area contributed by atoms with Gasteiger partial charge in [0.05, 0.1) is 5.56 Å². The quantitative estimate of drug-likeness (QED) is 0.894. The van der Waals surface area contributed by atoms with E-state index in [0.29, 0.717) is 0 Å². The third kappa shape index (κ3) is 3.47. The van der Waals surface area contributed by atoms with Crippen molar-refractivity contribution in [1.82, 2.24) is 10.2 Å². The van der Waals surface area contributed by atoms with Gasteiger partial charge in [-0.15, -0.1) is 0 Å². The molecule has 1 fully saturated rings. The number of likely N-dealkylation sites (N-methyl/N-ethyl adjacent to an activating group) is 1. The molecule has 0 bridgehead atoms. The van der Waals surface area contributed by atoms with Gasteiger partial charge in [-0.05, 0) is 44.3 Å². The number of halogens is 3. The fourth-order valence-corrected chi connectivity index (χ4v) is 2.13. The van der Waals surface area contributed by atoms with Crippen LogP contribution in [0.2, 0.25) is 0 Å². The number of rotatable bonds is 2. The van der Waals surface area contributed by atoms with Gasteiger partial charge in [-0.2, -0.15) is 13.2 Å². The van der Waals surface area contributed by atoms with Gasteiger partial charge in [0.15, 0.2) is 0 Å². The van der Waals surface area contributed by atoms with E-state index in [-0.39, 0.29) is 17.5 Å². The molecule has 1 atom stereocenters. The van der Waals surface area contributed by atoms with Crippen LogP contribution in [0.25, 0.3) is 0 Å². The van der Waals surface area contributed by atoms with Crippen molar-refractivity contribution in [2.24, 2.45) is 0 Å². The molecule has 6 heteroatoms. The molecule has 0 radical (unpaired) electrons. The van der Waals surface area contributed by atoms with Crippen molar-refractivity contribution in [3.05, 3.63) is 35.4 Å². The van der Waals surface area contributed by atoms with Crippen molar-refractivity contribution in [3.8, 4) is 0 Å². The Morgan fingerprint density at radius 1 is 1.32 bits per heavy atom. The van der Waals surface area contributed by atoms with Crippen LogP contribution < -0.4 is 5.32 Å². The Hall–Kier alpha value is -1.56. The maximum atomic E-state index is 12.4. The second-order valence-corrected chi connectivity index (χ2v) is 4.80. The number of alkyl halides is 3. The summed E-state index contributed by atoms with van der Waals surface area (Å²) in [5, 5.41) is 2.82. The van der Waals surface area contributed by atoms with E-state index < -0.39 is 11.7 Å². The summed E-state index contributed by atoms with van der Waals surface area (Å²) in [4.78, 5) is 14.0. The van der Waals surface area contributed by atoms with E-state index >= 15 is 0 Å². The van der Waals surface area contributed by atoms with E-state index in [1.54, 1.807) is 0 Å². The maximum absolute atomic E-state index is 12.4. The first-order valence-corrected chi connectivity index (χ1v) is 6.03. The van der Waals surface area contributed by atoms with Crippen LogP contribution in [0.4, 0.5) is 13.2 Å². The van der Waals surface area contributed by atoms with Crippen LogP contribution in [0, 0.1) is 0 Å². The number of hydrogen-bond acceptors (Lipinski definition) is 2. The lowest BCUT2D eigenvalue weighted by Crippen LogP contribution is -2.36. The topological polar surface area (TPSA) is 32.3 Å². The van der Waals surface area contributed by atoms with Crippen molar-refractivity contribution in [2.45, 2.75) is 18.6 Å². The average Bonchev–Trinajstić information content (AvgIpc) is 2.74. The Balaban J connectivity index is 2.00. The van der Waals surface area contributed by atoms with Crippen LogP contribution in [-0.4, -0.2) is 37.0 Å². The molecule has 0 spiro atoms. The van der Waals surface area contributed by atoms with Crippen molar-refractivity contribution < 1.29 is 18.0 Å². The number of carbonyl (C=O) groups is 1. The Morgan fingerprint density at radius 2 is 1.95 bits per heavy atom. The Labute approximate surface area is 109 Å². The fraction of sp³-hybridized carbons (Fsp3) is 0.462. The highest BCUT2D eigenvalue weighted by atomic mass is 19.4. The molecule has 19 heavy (non-hydrogen) atoms. The molecule has 0 aromatic heterocycles. The van der Waals surface area contributed by atoms with Gasteiger partial charge in [-0.1, -0.05) is 0 Å². The molecule has 1 aromatic rings. The number of nitrogens with one attached hydrogen (secondary N) is 1. The van der Waals surface area contributed by atoms with Gasteiger partial charge in [0, 0.05) is 18.2 Å². The second kappa shape index (κ2) is 5.21. The summed E-state index contributed by atoms with van der Waals surface area (Å²) in [6.45, 7) is 1.68. The molecular formula is C13H15F3N2O. The molecule has 1 saturated heterocycles. The molecule has 0 saturated carbocycles. The summed E-state index contributed by atoms with van der Waals surface area (Å²) in [5.41, 5.74) is -0.493. The lowest BCUT2D eigenvalue weighted by atomic mass is 10.1. The summed E-state index contributed by atoms with van der Waals surface area (Å²) in [6, 6.07) is 4.33. The van der Waals surface area contributed by atoms with Crippen molar-refractivity contribution >= 4 is 5.91 Å². The van der Waals surface area contributed by atoms with Gasteiger partial charge >= 0.3 is 6.18 Å². The summed E-state index contributed by atoms with van der Waals surface area (Å²) in [6.07, 6.45) is -3.51. The molecule has 1 amide bonds. The second-order valence-electron chi connectivity index (χ2n) is 4.80. The normalized spacial score (nSPS) is 20.5. The molecule has 1 N–H and O–H groups in total. The van der Waals surface area contributed by atoms with Gasteiger partial charge in [0.2, 0.25) is 0 Å². The Morgan fingerprint density at radius 3 is 2.42 bits per heavy atom. The van der Waals surface area contributed by atoms with Crippen LogP contribution in [0.1, 0.15) is 22.3 Å². The van der Waals surface area contributed by atoms with Crippen LogP contribution in [0.5, 0.6) is 0 Å². The van der Waals surface area contributed by atoms with Gasteiger partial charge in [-0.25, -0.2) is 0 Å². The molecule has 0 unspecified atom stereocenters.